The molecule has 0 fully saturated rings. The monoisotopic (exact) mass is 114 g/mol. The van der Waals surface area contributed by atoms with Crippen LogP contribution in [0.3, 0.4) is 0 Å². The van der Waals surface area contributed by atoms with Crippen molar-refractivity contribution in [2.45, 2.75) is 0 Å². The molecule has 1 aromatic rings. The molecule has 0 aromatic carbocycles. The van der Waals surface area contributed by atoms with E-state index in [0.29, 0.717) is 5.44 Å². The van der Waals surface area contributed by atoms with Crippen LogP contribution in [0.4, 0.5) is 0 Å². The Balaban J connectivity index is 2.96. The van der Waals surface area contributed by atoms with Crippen LogP contribution in [0.25, 0.3) is 0 Å². The van der Waals surface area contributed by atoms with Crippen LogP contribution in [0.15, 0.2) is 12.3 Å². The van der Waals surface area contributed by atoms with E-state index < -0.39 is 0 Å². The summed E-state index contributed by atoms with van der Waals surface area (Å²) < 4.78 is 9.88. The van der Waals surface area contributed by atoms with Crippen LogP contribution in [0.2, 0.25) is 0 Å². The molecule has 0 aliphatic carbocycles. The second kappa shape index (κ2) is 1.85. The number of aromatic nitrogens is 2. The zero-order chi connectivity index (χ0) is 5.11. The number of rotatable bonds is 1. The van der Waals surface area contributed by atoms with Crippen molar-refractivity contribution in [1.29, 1.82) is 0 Å². The minimum atomic E-state index is -0.0274. The number of aromatic amines is 1. The van der Waals surface area contributed by atoms with Gasteiger partial charge in [-0.3, -0.25) is 9.66 Å². The molecular formula is C3H3N2OP. The molecule has 0 amide bonds. The lowest BCUT2D eigenvalue weighted by atomic mass is 10.8. The van der Waals surface area contributed by atoms with E-state index in [1.807, 2.05) is 0 Å². The van der Waals surface area contributed by atoms with E-state index in [0.717, 1.165) is 0 Å². The lowest BCUT2D eigenvalue weighted by molar-refractivity contribution is 0.602. The fraction of sp³-hybridized carbons (Fsp3) is 0. The molecule has 0 saturated carbocycles. The predicted octanol–water partition coefficient (Wildman–Crippen LogP) is 0.327. The van der Waals surface area contributed by atoms with Gasteiger partial charge < -0.3 is 0 Å². The highest BCUT2D eigenvalue weighted by Gasteiger charge is 1.85. The first-order valence-corrected chi connectivity index (χ1v) is 2.58. The average Bonchev–Trinajstić information content (AvgIpc) is 2.14. The molecule has 0 aliphatic heterocycles. The fourth-order valence-electron chi connectivity index (χ4n) is 0.303. The summed E-state index contributed by atoms with van der Waals surface area (Å²) in [6, 6.07) is 1.65. The third-order valence-corrected chi connectivity index (χ3v) is 1.02. The minimum Gasteiger partial charge on any atom is -0.285 e. The van der Waals surface area contributed by atoms with E-state index in [1.165, 1.54) is 0 Å². The molecule has 7 heavy (non-hydrogen) atoms. The van der Waals surface area contributed by atoms with Crippen LogP contribution >= 0.6 is 8.46 Å². The molecular weight excluding hydrogens is 111 g/mol. The molecule has 1 N–H and O–H groups in total. The Morgan fingerprint density at radius 3 is 3.00 bits per heavy atom. The van der Waals surface area contributed by atoms with E-state index in [1.54, 1.807) is 12.3 Å². The Hall–Kier alpha value is -0.690. The molecule has 1 heterocycles. The Morgan fingerprint density at radius 1 is 1.86 bits per heavy atom. The Bertz CT molecular complexity index is 148. The van der Waals surface area contributed by atoms with E-state index in [-0.39, 0.29) is 8.46 Å². The van der Waals surface area contributed by atoms with Gasteiger partial charge in [0.05, 0.1) is 0 Å². The number of nitrogens with one attached hydrogen (secondary N) is 1. The molecule has 3 nitrogen and oxygen atoms in total. The van der Waals surface area contributed by atoms with Gasteiger partial charge in [0.1, 0.15) is 0 Å². The van der Waals surface area contributed by atoms with Crippen molar-refractivity contribution in [2.75, 3.05) is 0 Å². The van der Waals surface area contributed by atoms with Crippen molar-refractivity contribution in [3.05, 3.63) is 12.3 Å². The summed E-state index contributed by atoms with van der Waals surface area (Å²) in [5, 5.41) is 6.11. The number of H-pyrrole nitrogens is 1. The van der Waals surface area contributed by atoms with Gasteiger partial charge in [-0.05, 0) is 6.07 Å². The van der Waals surface area contributed by atoms with Crippen molar-refractivity contribution in [1.82, 2.24) is 10.2 Å². The summed E-state index contributed by atoms with van der Waals surface area (Å²) in [5.74, 6) is 0. The van der Waals surface area contributed by atoms with E-state index in [2.05, 4.69) is 10.2 Å². The molecule has 0 bridgehead atoms. The minimum absolute atomic E-state index is 0.0274. The molecule has 0 saturated heterocycles. The van der Waals surface area contributed by atoms with Gasteiger partial charge in [-0.1, -0.05) is 0 Å². The maximum absolute atomic E-state index is 9.88. The van der Waals surface area contributed by atoms with Gasteiger partial charge in [0.25, 0.3) is 0 Å². The van der Waals surface area contributed by atoms with Crippen LogP contribution in [-0.4, -0.2) is 10.2 Å². The molecule has 0 spiro atoms. The topological polar surface area (TPSA) is 45.8 Å². The lowest BCUT2D eigenvalue weighted by Crippen LogP contribution is -1.87. The molecule has 0 atom stereocenters. The highest BCUT2D eigenvalue weighted by Crippen LogP contribution is 1.86. The standard InChI is InChI=1S/C3H3N2OP/c6-7-3-1-2-4-5-3/h1-2H,(H,4,5). The summed E-state index contributed by atoms with van der Waals surface area (Å²) >= 11 is 0. The smallest absolute Gasteiger partial charge is 0.214 e. The van der Waals surface area contributed by atoms with Gasteiger partial charge in [-0.2, -0.15) is 5.10 Å². The predicted molar refractivity (Wildman–Crippen MR) is 25.8 cm³/mol. The number of hydrogen-bond acceptors (Lipinski definition) is 2. The Morgan fingerprint density at radius 2 is 2.71 bits per heavy atom. The van der Waals surface area contributed by atoms with E-state index in [9.17, 15) is 4.57 Å². The largest absolute Gasteiger partial charge is 0.285 e. The first kappa shape index (κ1) is 4.47. The third-order valence-electron chi connectivity index (χ3n) is 0.580. The first-order valence-electron chi connectivity index (χ1n) is 1.76. The first-order chi connectivity index (χ1) is 3.43. The molecule has 1 aromatic heterocycles. The van der Waals surface area contributed by atoms with Crippen molar-refractivity contribution in [2.24, 2.45) is 0 Å². The van der Waals surface area contributed by atoms with E-state index >= 15 is 0 Å². The van der Waals surface area contributed by atoms with Crippen molar-refractivity contribution < 1.29 is 4.57 Å². The van der Waals surface area contributed by atoms with Crippen LogP contribution < -0.4 is 5.44 Å². The highest BCUT2D eigenvalue weighted by atomic mass is 31.1. The zero-order valence-electron chi connectivity index (χ0n) is 3.46. The third kappa shape index (κ3) is 0.842. The van der Waals surface area contributed by atoms with Gasteiger partial charge in [0, 0.05) is 6.20 Å². The highest BCUT2D eigenvalue weighted by molar-refractivity contribution is 7.33. The van der Waals surface area contributed by atoms with Gasteiger partial charge >= 0.3 is 0 Å². The van der Waals surface area contributed by atoms with Crippen molar-refractivity contribution in [3.63, 3.8) is 0 Å². The van der Waals surface area contributed by atoms with Crippen LogP contribution in [-0.2, 0) is 4.57 Å². The second-order valence-electron chi connectivity index (χ2n) is 1.02. The summed E-state index contributed by atoms with van der Waals surface area (Å²) in [7, 11) is -0.0274. The maximum atomic E-state index is 9.88. The fourth-order valence-corrected chi connectivity index (χ4v) is 0.537. The molecule has 4 heteroatoms. The number of nitrogens with zero attached hydrogens (tertiary/aromatic N) is 1. The van der Waals surface area contributed by atoms with Crippen LogP contribution in [0, 0.1) is 0 Å². The van der Waals surface area contributed by atoms with Crippen LogP contribution in [0.5, 0.6) is 0 Å². The molecule has 0 aliphatic rings. The second-order valence-corrected chi connectivity index (χ2v) is 1.66. The summed E-state index contributed by atoms with van der Waals surface area (Å²) in [5.41, 5.74) is 0.542. The normalized spacial score (nSPS) is 9.71. The average molecular weight is 114 g/mol. The zero-order valence-corrected chi connectivity index (χ0v) is 4.35. The van der Waals surface area contributed by atoms with Crippen LogP contribution in [0.1, 0.15) is 0 Å². The van der Waals surface area contributed by atoms with Gasteiger partial charge in [-0.25, -0.2) is 0 Å². The molecule has 36 valence electrons. The summed E-state index contributed by atoms with van der Waals surface area (Å²) in [4.78, 5) is 0. The quantitative estimate of drug-likeness (QED) is 0.534. The SMILES string of the molecule is O=Pc1cc[nH]n1. The van der Waals surface area contributed by atoms with Crippen molar-refractivity contribution in [3.8, 4) is 0 Å². The van der Waals surface area contributed by atoms with Crippen molar-refractivity contribution >= 4 is 13.9 Å². The molecule has 1 rings (SSSR count). The summed E-state index contributed by atoms with van der Waals surface area (Å²) in [6.45, 7) is 0. The Labute approximate surface area is 41.9 Å². The van der Waals surface area contributed by atoms with Gasteiger partial charge in [-0.15, -0.1) is 0 Å². The molecule has 0 radical (unpaired) electrons. The van der Waals surface area contributed by atoms with Gasteiger partial charge in [0.15, 0.2) is 5.44 Å². The number of hydrogen-bond donors (Lipinski definition) is 1. The molecule has 0 unspecified atom stereocenters. The van der Waals surface area contributed by atoms with E-state index in [4.69, 9.17) is 0 Å². The summed E-state index contributed by atoms with van der Waals surface area (Å²) in [6.07, 6.45) is 1.63. The maximum Gasteiger partial charge on any atom is 0.214 e. The Kier molecular flexibility index (Phi) is 1.18. The lowest BCUT2D eigenvalue weighted by Gasteiger charge is -1.63. The van der Waals surface area contributed by atoms with Gasteiger partial charge in [0.2, 0.25) is 8.46 Å².